The van der Waals surface area contributed by atoms with E-state index in [0.29, 0.717) is 0 Å². The molecule has 0 atom stereocenters. The van der Waals surface area contributed by atoms with Crippen molar-refractivity contribution in [3.8, 4) is 0 Å². The van der Waals surface area contributed by atoms with Gasteiger partial charge < -0.3 is 9.80 Å². The van der Waals surface area contributed by atoms with Crippen LogP contribution in [0.4, 0.5) is 34.1 Å². The van der Waals surface area contributed by atoms with Crippen LogP contribution >= 0.6 is 0 Å². The maximum Gasteiger partial charge on any atom is 0.252 e. The minimum atomic E-state index is -0.619. The van der Waals surface area contributed by atoms with Gasteiger partial charge in [0.15, 0.2) is 0 Å². The Bertz CT molecular complexity index is 3520. The average Bonchev–Trinajstić information content (AvgIpc) is 3.67. The highest BCUT2D eigenvalue weighted by atomic mass is 15.2. The summed E-state index contributed by atoms with van der Waals surface area (Å²) in [6.45, 7) is 14.0. The molecule has 0 spiro atoms. The summed E-state index contributed by atoms with van der Waals surface area (Å²) in [6, 6.07) is 107. The topological polar surface area (TPSA) is 6.48 Å². The van der Waals surface area contributed by atoms with E-state index < -0.39 is 10.8 Å². The molecule has 2 aliphatic heterocycles. The first-order valence-corrected chi connectivity index (χ1v) is 28.0. The van der Waals surface area contributed by atoms with Gasteiger partial charge in [-0.3, -0.25) is 0 Å². The molecule has 11 aromatic carbocycles. The Morgan fingerprint density at radius 1 is 0.241 bits per heavy atom. The highest BCUT2D eigenvalue weighted by molar-refractivity contribution is 7.00. The molecule has 2 aliphatic rings. The predicted molar refractivity (Wildman–Crippen MR) is 334 cm³/mol. The third kappa shape index (κ3) is 8.17. The first-order valence-electron chi connectivity index (χ1n) is 28.0. The molecule has 11 aromatic rings. The molecule has 79 heavy (non-hydrogen) atoms. The molecule has 0 aliphatic carbocycles. The molecule has 2 nitrogen and oxygen atoms in total. The highest BCUT2D eigenvalue weighted by Crippen LogP contribution is 2.51. The van der Waals surface area contributed by atoms with Crippen LogP contribution in [-0.2, 0) is 21.7 Å². The Morgan fingerprint density at radius 2 is 0.519 bits per heavy atom. The Hall–Kier alpha value is -8.92. The molecule has 0 N–H and O–H groups in total. The fourth-order valence-electron chi connectivity index (χ4n) is 13.3. The summed E-state index contributed by atoms with van der Waals surface area (Å²) in [4.78, 5) is 5.15. The van der Waals surface area contributed by atoms with E-state index >= 15 is 0 Å². The van der Waals surface area contributed by atoms with Crippen LogP contribution in [0.5, 0.6) is 0 Å². The van der Waals surface area contributed by atoms with Crippen molar-refractivity contribution >= 4 is 57.2 Å². The monoisotopic (exact) mass is 1020 g/mol. The highest BCUT2D eigenvalue weighted by Gasteiger charge is 2.46. The van der Waals surface area contributed by atoms with E-state index in [9.17, 15) is 0 Å². The van der Waals surface area contributed by atoms with Gasteiger partial charge in [-0.05, 0) is 131 Å². The third-order valence-corrected chi connectivity index (χ3v) is 17.0. The SMILES string of the molecule is CC(C)(C)c1ccc2c(c1)B1c3cc(C(C)(C)C)ccc3N(c3cccc(C(c4ccccc4)(c4ccccc4)c4ccccc4)c3)c3cccc(c31)N2c1cccc(C(c2ccccc2)(c2ccccc2)c2ccccc2)c1. The fraction of sp³-hybridized carbons (Fsp3) is 0.132. The quantitative estimate of drug-likeness (QED) is 0.0995. The summed E-state index contributed by atoms with van der Waals surface area (Å²) < 4.78 is 0. The molecular weight excluding hydrogens is 952 g/mol. The third-order valence-electron chi connectivity index (χ3n) is 17.0. The van der Waals surface area contributed by atoms with Gasteiger partial charge in [-0.2, -0.15) is 0 Å². The molecule has 0 aromatic heterocycles. The summed E-state index contributed by atoms with van der Waals surface area (Å²) >= 11 is 0. The van der Waals surface area contributed by atoms with Gasteiger partial charge in [0, 0.05) is 34.1 Å². The lowest BCUT2D eigenvalue weighted by atomic mass is 9.33. The Labute approximate surface area is 468 Å². The van der Waals surface area contributed by atoms with Crippen molar-refractivity contribution in [1.82, 2.24) is 0 Å². The largest absolute Gasteiger partial charge is 0.311 e. The predicted octanol–water partition coefficient (Wildman–Crippen LogP) is 17.1. The van der Waals surface area contributed by atoms with E-state index in [-0.39, 0.29) is 17.5 Å². The number of nitrogens with zero attached hydrogens (tertiary/aromatic N) is 2. The van der Waals surface area contributed by atoms with Gasteiger partial charge in [-0.1, -0.05) is 278 Å². The van der Waals surface area contributed by atoms with Crippen LogP contribution in [0.1, 0.15) is 97.2 Å². The summed E-state index contributed by atoms with van der Waals surface area (Å²) in [5, 5.41) is 0. The lowest BCUT2D eigenvalue weighted by molar-refractivity contribution is 0.590. The van der Waals surface area contributed by atoms with Crippen LogP contribution in [0.2, 0.25) is 0 Å². The van der Waals surface area contributed by atoms with Gasteiger partial charge in [0.1, 0.15) is 0 Å². The van der Waals surface area contributed by atoms with Gasteiger partial charge in [0.2, 0.25) is 0 Å². The molecule has 0 amide bonds. The molecule has 0 saturated heterocycles. The maximum absolute atomic E-state index is 2.57. The molecule has 382 valence electrons. The minimum Gasteiger partial charge on any atom is -0.311 e. The zero-order chi connectivity index (χ0) is 53.9. The summed E-state index contributed by atoms with van der Waals surface area (Å²) in [5.41, 5.74) is 21.9. The van der Waals surface area contributed by atoms with Crippen molar-refractivity contribution in [2.24, 2.45) is 0 Å². The normalized spacial score (nSPS) is 13.1. The number of anilines is 6. The van der Waals surface area contributed by atoms with Crippen molar-refractivity contribution in [3.05, 3.63) is 341 Å². The van der Waals surface area contributed by atoms with Crippen LogP contribution in [0.3, 0.4) is 0 Å². The number of hydrogen-bond acceptors (Lipinski definition) is 2. The second-order valence-electron chi connectivity index (χ2n) is 23.7. The summed E-state index contributed by atoms with van der Waals surface area (Å²) in [6.07, 6.45) is 0. The Balaban J connectivity index is 1.09. The van der Waals surface area contributed by atoms with Crippen LogP contribution < -0.4 is 26.2 Å². The maximum atomic E-state index is 2.57. The molecule has 0 unspecified atom stereocenters. The second-order valence-corrected chi connectivity index (χ2v) is 23.7. The van der Waals surface area contributed by atoms with Crippen molar-refractivity contribution in [2.45, 2.75) is 63.2 Å². The first kappa shape index (κ1) is 49.6. The van der Waals surface area contributed by atoms with Gasteiger partial charge in [0.05, 0.1) is 10.8 Å². The van der Waals surface area contributed by atoms with Gasteiger partial charge in [-0.25, -0.2) is 0 Å². The molecule has 0 radical (unpaired) electrons. The number of hydrogen-bond donors (Lipinski definition) is 0. The number of rotatable bonds is 10. The molecule has 13 rings (SSSR count). The molecular formula is C76H65BN2. The second kappa shape index (κ2) is 19.5. The van der Waals surface area contributed by atoms with Crippen molar-refractivity contribution in [1.29, 1.82) is 0 Å². The Morgan fingerprint density at radius 3 is 0.810 bits per heavy atom. The smallest absolute Gasteiger partial charge is 0.252 e. The molecule has 2 heterocycles. The number of benzene rings is 11. The van der Waals surface area contributed by atoms with E-state index in [1.54, 1.807) is 0 Å². The zero-order valence-corrected chi connectivity index (χ0v) is 46.1. The van der Waals surface area contributed by atoms with E-state index in [4.69, 9.17) is 0 Å². The van der Waals surface area contributed by atoms with Crippen LogP contribution in [0.15, 0.2) is 285 Å². The van der Waals surface area contributed by atoms with Crippen molar-refractivity contribution < 1.29 is 0 Å². The van der Waals surface area contributed by atoms with E-state index in [0.717, 1.165) is 11.4 Å². The zero-order valence-electron chi connectivity index (χ0n) is 46.1. The molecule has 0 saturated carbocycles. The number of fused-ring (bicyclic) bond motifs is 4. The van der Waals surface area contributed by atoms with E-state index in [1.807, 2.05) is 0 Å². The van der Waals surface area contributed by atoms with Crippen LogP contribution in [-0.4, -0.2) is 6.71 Å². The van der Waals surface area contributed by atoms with Crippen molar-refractivity contribution in [2.75, 3.05) is 9.80 Å². The fourth-order valence-corrected chi connectivity index (χ4v) is 13.3. The van der Waals surface area contributed by atoms with Gasteiger partial charge >= 0.3 is 0 Å². The van der Waals surface area contributed by atoms with Crippen molar-refractivity contribution in [3.63, 3.8) is 0 Å². The molecule has 0 fully saturated rings. The first-order chi connectivity index (χ1) is 38.5. The Kier molecular flexibility index (Phi) is 12.3. The van der Waals surface area contributed by atoms with E-state index in [1.165, 1.54) is 94.8 Å². The lowest BCUT2D eigenvalue weighted by Gasteiger charge is -2.45. The molecule has 0 bridgehead atoms. The minimum absolute atomic E-state index is 0.0474. The summed E-state index contributed by atoms with van der Waals surface area (Å²) in [7, 11) is 0. The van der Waals surface area contributed by atoms with E-state index in [2.05, 4.69) is 336 Å². The van der Waals surface area contributed by atoms with Crippen LogP contribution in [0, 0.1) is 0 Å². The lowest BCUT2D eigenvalue weighted by Crippen LogP contribution is -2.61. The van der Waals surface area contributed by atoms with Crippen LogP contribution in [0.25, 0.3) is 0 Å². The van der Waals surface area contributed by atoms with Gasteiger partial charge in [0.25, 0.3) is 6.71 Å². The molecule has 3 heteroatoms. The average molecular weight is 1020 g/mol. The standard InChI is InChI=1S/C76H65BN2/c1-73(2,3)60-46-48-68-66(52-60)77-67-53-61(74(4,5)6)47-49-69(67)79(65-43-26-41-63(51-65)76(57-34-19-10-20-35-57,58-36-21-11-22-37-58)59-38-23-12-24-39-59)71-45-27-44-70(72(71)77)78(68)64-42-25-40-62(50-64)75(54-28-13-7-14-29-54,55-30-15-8-16-31-55)56-32-17-9-18-33-56/h7-53H,1-6H3. The summed E-state index contributed by atoms with van der Waals surface area (Å²) in [5.74, 6) is 0. The van der Waals surface area contributed by atoms with Gasteiger partial charge in [-0.15, -0.1) is 0 Å².